The molecule has 0 radical (unpaired) electrons. The normalized spacial score (nSPS) is 15.0. The molecular formula is C38H36IN2O6-. The van der Waals surface area contributed by atoms with Gasteiger partial charge in [-0.05, 0) is 12.8 Å². The van der Waals surface area contributed by atoms with Gasteiger partial charge in [0, 0.05) is 0 Å². The van der Waals surface area contributed by atoms with Crippen LogP contribution in [-0.2, 0) is 35.2 Å². The molecule has 4 aromatic carbocycles. The predicted octanol–water partition coefficient (Wildman–Crippen LogP) is 4.26. The van der Waals surface area contributed by atoms with Crippen LogP contribution in [0.25, 0.3) is 0 Å². The van der Waals surface area contributed by atoms with Crippen molar-refractivity contribution in [2.75, 3.05) is 9.80 Å². The third kappa shape index (κ3) is 6.81. The second kappa shape index (κ2) is 14.1. The Labute approximate surface area is 286 Å². The van der Waals surface area contributed by atoms with Crippen LogP contribution in [0.3, 0.4) is 0 Å². The van der Waals surface area contributed by atoms with E-state index in [2.05, 4.69) is 13.0 Å². The Morgan fingerprint density at radius 2 is 1.21 bits per heavy atom. The summed E-state index contributed by atoms with van der Waals surface area (Å²) in [5.41, 5.74) is 7.74. The summed E-state index contributed by atoms with van der Waals surface area (Å²) < 4.78 is 10.8. The van der Waals surface area contributed by atoms with Gasteiger partial charge in [-0.25, -0.2) is 0 Å². The van der Waals surface area contributed by atoms with Crippen LogP contribution in [0, 0.1) is 0 Å². The van der Waals surface area contributed by atoms with Gasteiger partial charge in [-0.15, -0.1) is 0 Å². The van der Waals surface area contributed by atoms with E-state index in [-0.39, 0.29) is 11.8 Å². The number of hydrogen-bond acceptors (Lipinski definition) is 6. The van der Waals surface area contributed by atoms with E-state index in [4.69, 9.17) is 6.13 Å². The van der Waals surface area contributed by atoms with E-state index in [0.717, 1.165) is 58.5 Å². The zero-order chi connectivity index (χ0) is 33.1. The first-order valence-corrected chi connectivity index (χ1v) is 17.6. The summed E-state index contributed by atoms with van der Waals surface area (Å²) in [6, 6.07) is 28.3. The van der Waals surface area contributed by atoms with Gasteiger partial charge in [-0.1, -0.05) is 13.3 Å². The molecule has 0 saturated carbocycles. The van der Waals surface area contributed by atoms with Crippen LogP contribution >= 0.6 is 0 Å². The standard InChI is InChI=1S/C38H36IN2O6/c1-4-5-8-26-11-20-34-30(21-26)23-41(36(34)43)32-18-14-28(15-19-32)25(3)38(45)47-39-46-37(44)24(2)27-12-16-31(17-13-27)40-22-29-9-6-7-10-33(29)35(40)42/h6-7,9-21,24-25H,4-5,8,22-23H2,1-3H3/q-1. The summed E-state index contributed by atoms with van der Waals surface area (Å²) in [7, 11) is 0. The van der Waals surface area contributed by atoms with Crippen molar-refractivity contribution in [3.63, 3.8) is 0 Å². The fraction of sp³-hybridized carbons (Fsp3) is 0.263. The SMILES string of the molecule is CCCCc1ccc2c(c1)CN(c1ccc(C(C)C(=O)O[I-]OC(=O)C(C)c3ccc(N4Cc5ccccc5C4=O)cc3)cc1)C2=O. The van der Waals surface area contributed by atoms with E-state index in [1.807, 2.05) is 84.9 Å². The predicted molar refractivity (Wildman–Crippen MR) is 174 cm³/mol. The van der Waals surface area contributed by atoms with Gasteiger partial charge in [-0.2, -0.15) is 0 Å². The van der Waals surface area contributed by atoms with Crippen LogP contribution in [0.2, 0.25) is 0 Å². The van der Waals surface area contributed by atoms with Gasteiger partial charge in [-0.3, -0.25) is 0 Å². The summed E-state index contributed by atoms with van der Waals surface area (Å²) in [5, 5.41) is 0. The molecule has 0 fully saturated rings. The molecule has 0 bridgehead atoms. The molecule has 2 atom stereocenters. The van der Waals surface area contributed by atoms with Crippen molar-refractivity contribution in [2.24, 2.45) is 0 Å². The molecular weight excluding hydrogens is 707 g/mol. The molecule has 9 heteroatoms. The molecule has 2 heterocycles. The number of amides is 2. The molecule has 2 aliphatic rings. The number of hydrogen-bond donors (Lipinski definition) is 0. The van der Waals surface area contributed by atoms with Gasteiger partial charge in [0.1, 0.15) is 0 Å². The molecule has 0 aromatic heterocycles. The minimum atomic E-state index is -1.61. The molecule has 47 heavy (non-hydrogen) atoms. The fourth-order valence-corrected chi connectivity index (χ4v) is 7.16. The number of anilines is 2. The van der Waals surface area contributed by atoms with Crippen molar-refractivity contribution in [1.82, 2.24) is 0 Å². The van der Waals surface area contributed by atoms with Crippen molar-refractivity contribution in [1.29, 1.82) is 0 Å². The van der Waals surface area contributed by atoms with Gasteiger partial charge in [0.15, 0.2) is 0 Å². The summed E-state index contributed by atoms with van der Waals surface area (Å²) >= 11 is -1.61. The zero-order valence-corrected chi connectivity index (χ0v) is 28.7. The number of halogens is 1. The van der Waals surface area contributed by atoms with Gasteiger partial charge < -0.3 is 0 Å². The third-order valence-electron chi connectivity index (χ3n) is 8.95. The first-order chi connectivity index (χ1) is 22.7. The van der Waals surface area contributed by atoms with E-state index < -0.39 is 45.8 Å². The average molecular weight is 744 g/mol. The van der Waals surface area contributed by atoms with Gasteiger partial charge in [0.2, 0.25) is 0 Å². The monoisotopic (exact) mass is 743 g/mol. The van der Waals surface area contributed by atoms with Crippen molar-refractivity contribution < 1.29 is 47.3 Å². The number of benzene rings is 4. The first kappa shape index (κ1) is 32.4. The van der Waals surface area contributed by atoms with Crippen LogP contribution in [0.1, 0.15) is 94.0 Å². The zero-order valence-electron chi connectivity index (χ0n) is 26.6. The van der Waals surface area contributed by atoms with E-state index in [9.17, 15) is 19.2 Å². The molecule has 0 spiro atoms. The second-order valence-corrected chi connectivity index (χ2v) is 13.3. The summed E-state index contributed by atoms with van der Waals surface area (Å²) in [6.07, 6.45) is 3.26. The molecule has 2 aliphatic heterocycles. The molecule has 0 saturated heterocycles. The van der Waals surface area contributed by atoms with Crippen molar-refractivity contribution in [3.8, 4) is 0 Å². The second-order valence-electron chi connectivity index (χ2n) is 12.0. The van der Waals surface area contributed by atoms with E-state index in [1.165, 1.54) is 5.56 Å². The van der Waals surface area contributed by atoms with Crippen molar-refractivity contribution >= 4 is 35.1 Å². The minimum absolute atomic E-state index is 0.0216. The Hall–Kier alpha value is -4.51. The number of nitrogens with zero attached hydrogens (tertiary/aromatic N) is 2. The number of carbonyl (C=O) groups excluding carboxylic acids is 4. The van der Waals surface area contributed by atoms with Crippen LogP contribution in [-0.4, -0.2) is 23.8 Å². The Kier molecular flexibility index (Phi) is 9.72. The van der Waals surface area contributed by atoms with Crippen LogP contribution in [0.15, 0.2) is 91.0 Å². The van der Waals surface area contributed by atoms with Crippen LogP contribution in [0.5, 0.6) is 0 Å². The van der Waals surface area contributed by atoms with Crippen molar-refractivity contribution in [3.05, 3.63) is 130 Å². The Morgan fingerprint density at radius 1 is 0.702 bits per heavy atom. The van der Waals surface area contributed by atoms with Gasteiger partial charge in [0.05, 0.1) is 0 Å². The number of rotatable bonds is 11. The third-order valence-corrected chi connectivity index (χ3v) is 10.2. The molecule has 2 unspecified atom stereocenters. The van der Waals surface area contributed by atoms with E-state index in [1.54, 1.807) is 23.6 Å². The Morgan fingerprint density at radius 3 is 1.74 bits per heavy atom. The van der Waals surface area contributed by atoms with Crippen molar-refractivity contribution in [2.45, 2.75) is 65.0 Å². The topological polar surface area (TPSA) is 93.2 Å². The average Bonchev–Trinajstić information content (AvgIpc) is 3.62. The summed E-state index contributed by atoms with van der Waals surface area (Å²) in [5.74, 6) is -2.15. The quantitative estimate of drug-likeness (QED) is 0.214. The first-order valence-electron chi connectivity index (χ1n) is 15.8. The Balaban J connectivity index is 0.982. The summed E-state index contributed by atoms with van der Waals surface area (Å²) in [4.78, 5) is 54.9. The number of carbonyl (C=O) groups is 4. The Bertz CT molecular complexity index is 1820. The number of fused-ring (bicyclic) bond motifs is 2. The number of unbranched alkanes of at least 4 members (excludes halogenated alkanes) is 1. The van der Waals surface area contributed by atoms with E-state index >= 15 is 0 Å². The van der Waals surface area contributed by atoms with Gasteiger partial charge in [0.25, 0.3) is 0 Å². The van der Waals surface area contributed by atoms with E-state index in [0.29, 0.717) is 18.7 Å². The van der Waals surface area contributed by atoms with Crippen LogP contribution in [0.4, 0.5) is 11.4 Å². The fourth-order valence-electron chi connectivity index (χ4n) is 5.95. The molecule has 0 aliphatic carbocycles. The molecule has 0 N–H and O–H groups in total. The molecule has 6 rings (SSSR count). The number of aryl methyl sites for hydroxylation is 1. The maximum atomic E-state index is 13.1. The van der Waals surface area contributed by atoms with Gasteiger partial charge >= 0.3 is 261 Å². The maximum absolute atomic E-state index is 13.1. The molecule has 8 nitrogen and oxygen atoms in total. The van der Waals surface area contributed by atoms with Crippen LogP contribution < -0.4 is 31.8 Å². The summed E-state index contributed by atoms with van der Waals surface area (Å²) in [6.45, 7) is 6.68. The molecule has 4 aromatic rings. The molecule has 2 amide bonds. The molecule has 242 valence electrons.